The molecule has 1 heterocycles. The molecule has 0 saturated heterocycles. The van der Waals surface area contributed by atoms with Gasteiger partial charge in [0.15, 0.2) is 5.16 Å². The zero-order valence-corrected chi connectivity index (χ0v) is 17.4. The zero-order chi connectivity index (χ0) is 20.6. The predicted octanol–water partition coefficient (Wildman–Crippen LogP) is 3.55. The molecule has 0 N–H and O–H groups in total. The van der Waals surface area contributed by atoms with E-state index in [1.165, 1.54) is 18.9 Å². The molecule has 2 aromatic carbocycles. The van der Waals surface area contributed by atoms with Crippen LogP contribution in [-0.4, -0.2) is 41.6 Å². The van der Waals surface area contributed by atoms with Gasteiger partial charge >= 0.3 is 5.97 Å². The molecule has 0 amide bonds. The lowest BCUT2D eigenvalue weighted by atomic mass is 10.1. The third kappa shape index (κ3) is 5.25. The van der Waals surface area contributed by atoms with Gasteiger partial charge in [-0.3, -0.25) is 9.36 Å². The van der Waals surface area contributed by atoms with Crippen molar-refractivity contribution in [1.82, 2.24) is 9.55 Å². The number of nitrogens with zero attached hydrogens (tertiary/aromatic N) is 2. The highest BCUT2D eigenvalue weighted by Gasteiger charge is 2.14. The van der Waals surface area contributed by atoms with Gasteiger partial charge in [0.1, 0.15) is 0 Å². The Morgan fingerprint density at radius 2 is 1.97 bits per heavy atom. The summed E-state index contributed by atoms with van der Waals surface area (Å²) < 4.78 is 11.9. The van der Waals surface area contributed by atoms with Gasteiger partial charge in [0, 0.05) is 18.9 Å². The molecule has 0 bridgehead atoms. The second kappa shape index (κ2) is 10.2. The average molecular weight is 413 g/mol. The standard InChI is InChI=1S/C22H24N2O4S/c1-3-28-13-14-29-22-23-19-15-17(21(26)27-2)9-10-18(19)20(25)24(22)12-11-16-7-5-4-6-8-16/h4-10,15H,3,11-14H2,1-2H3. The van der Waals surface area contributed by atoms with Crippen LogP contribution in [0.5, 0.6) is 0 Å². The van der Waals surface area contributed by atoms with Crippen LogP contribution in [0.25, 0.3) is 10.9 Å². The fraction of sp³-hybridized carbons (Fsp3) is 0.318. The molecular formula is C22H24N2O4S. The van der Waals surface area contributed by atoms with Crippen molar-refractivity contribution in [3.8, 4) is 0 Å². The molecule has 29 heavy (non-hydrogen) atoms. The summed E-state index contributed by atoms with van der Waals surface area (Å²) in [6.07, 6.45) is 0.729. The minimum absolute atomic E-state index is 0.110. The van der Waals surface area contributed by atoms with E-state index < -0.39 is 5.97 Å². The molecule has 152 valence electrons. The summed E-state index contributed by atoms with van der Waals surface area (Å²) in [6.45, 7) is 3.70. The van der Waals surface area contributed by atoms with Gasteiger partial charge < -0.3 is 9.47 Å². The second-order valence-electron chi connectivity index (χ2n) is 6.36. The Bertz CT molecular complexity index is 1030. The van der Waals surface area contributed by atoms with Crippen LogP contribution in [0.4, 0.5) is 0 Å². The third-order valence-electron chi connectivity index (χ3n) is 4.47. The predicted molar refractivity (Wildman–Crippen MR) is 115 cm³/mol. The van der Waals surface area contributed by atoms with Gasteiger partial charge in [0.2, 0.25) is 0 Å². The Balaban J connectivity index is 1.97. The molecule has 0 saturated carbocycles. The largest absolute Gasteiger partial charge is 0.465 e. The number of hydrogen-bond donors (Lipinski definition) is 0. The molecule has 0 unspecified atom stereocenters. The highest BCUT2D eigenvalue weighted by atomic mass is 32.2. The first-order chi connectivity index (χ1) is 14.1. The number of hydrogen-bond acceptors (Lipinski definition) is 6. The Morgan fingerprint density at radius 3 is 2.69 bits per heavy atom. The number of rotatable bonds is 9. The Hall–Kier alpha value is -2.64. The van der Waals surface area contributed by atoms with Crippen LogP contribution >= 0.6 is 11.8 Å². The number of ether oxygens (including phenoxy) is 2. The number of aromatic nitrogens is 2. The average Bonchev–Trinajstić information content (AvgIpc) is 2.76. The molecule has 7 heteroatoms. The van der Waals surface area contributed by atoms with E-state index in [0.717, 1.165) is 12.0 Å². The Kier molecular flexibility index (Phi) is 7.43. The quantitative estimate of drug-likeness (QED) is 0.232. The first-order valence-electron chi connectivity index (χ1n) is 9.51. The topological polar surface area (TPSA) is 70.4 Å². The number of esters is 1. The molecule has 3 rings (SSSR count). The number of aryl methyl sites for hydroxylation is 1. The van der Waals surface area contributed by atoms with Gasteiger partial charge in [-0.25, -0.2) is 9.78 Å². The van der Waals surface area contributed by atoms with E-state index in [1.54, 1.807) is 22.8 Å². The van der Waals surface area contributed by atoms with Gasteiger partial charge in [-0.2, -0.15) is 0 Å². The van der Waals surface area contributed by atoms with Crippen molar-refractivity contribution in [3.63, 3.8) is 0 Å². The molecule has 6 nitrogen and oxygen atoms in total. The van der Waals surface area contributed by atoms with Crippen molar-refractivity contribution in [2.24, 2.45) is 0 Å². The molecule has 1 aromatic heterocycles. The number of carbonyl (C=O) groups excluding carboxylic acids is 1. The fourth-order valence-electron chi connectivity index (χ4n) is 2.97. The number of fused-ring (bicyclic) bond motifs is 1. The van der Waals surface area contributed by atoms with Crippen molar-refractivity contribution in [2.45, 2.75) is 25.0 Å². The summed E-state index contributed by atoms with van der Waals surface area (Å²) in [6, 6.07) is 14.9. The Morgan fingerprint density at radius 1 is 1.17 bits per heavy atom. The molecular weight excluding hydrogens is 388 g/mol. The van der Waals surface area contributed by atoms with Crippen molar-refractivity contribution in [2.75, 3.05) is 26.1 Å². The number of methoxy groups -OCH3 is 1. The lowest BCUT2D eigenvalue weighted by Crippen LogP contribution is -2.25. The van der Waals surface area contributed by atoms with Crippen LogP contribution in [0.2, 0.25) is 0 Å². The number of carbonyl (C=O) groups is 1. The lowest BCUT2D eigenvalue weighted by Gasteiger charge is -2.13. The van der Waals surface area contributed by atoms with Crippen molar-refractivity contribution >= 4 is 28.6 Å². The molecule has 0 aliphatic carbocycles. The summed E-state index contributed by atoms with van der Waals surface area (Å²) in [5, 5.41) is 1.11. The highest BCUT2D eigenvalue weighted by Crippen LogP contribution is 2.20. The smallest absolute Gasteiger partial charge is 0.337 e. The zero-order valence-electron chi connectivity index (χ0n) is 16.6. The SMILES string of the molecule is CCOCCSc1nc2cc(C(=O)OC)ccc2c(=O)n1CCc1ccccc1. The maximum atomic E-state index is 13.2. The van der Waals surface area contributed by atoms with Crippen LogP contribution in [0.3, 0.4) is 0 Å². The van der Waals surface area contributed by atoms with E-state index in [1.807, 2.05) is 37.3 Å². The van der Waals surface area contributed by atoms with Crippen LogP contribution in [0.1, 0.15) is 22.8 Å². The van der Waals surface area contributed by atoms with Gasteiger partial charge in [0.25, 0.3) is 5.56 Å². The minimum atomic E-state index is -0.451. The van der Waals surface area contributed by atoms with E-state index in [-0.39, 0.29) is 5.56 Å². The normalized spacial score (nSPS) is 11.0. The summed E-state index contributed by atoms with van der Waals surface area (Å²) in [4.78, 5) is 29.7. The van der Waals surface area contributed by atoms with Crippen molar-refractivity contribution < 1.29 is 14.3 Å². The maximum Gasteiger partial charge on any atom is 0.337 e. The second-order valence-corrected chi connectivity index (χ2v) is 7.42. The first-order valence-corrected chi connectivity index (χ1v) is 10.5. The summed E-state index contributed by atoms with van der Waals surface area (Å²) >= 11 is 1.48. The molecule has 0 aliphatic rings. The van der Waals surface area contributed by atoms with Crippen LogP contribution < -0.4 is 5.56 Å². The molecule has 0 atom stereocenters. The van der Waals surface area contributed by atoms with E-state index in [0.29, 0.717) is 47.1 Å². The molecule has 0 aliphatic heterocycles. The Labute approximate surface area is 173 Å². The van der Waals surface area contributed by atoms with E-state index in [4.69, 9.17) is 9.47 Å². The van der Waals surface area contributed by atoms with Crippen molar-refractivity contribution in [1.29, 1.82) is 0 Å². The lowest BCUT2D eigenvalue weighted by molar-refractivity contribution is 0.0601. The van der Waals surface area contributed by atoms with E-state index >= 15 is 0 Å². The molecule has 0 radical (unpaired) electrons. The van der Waals surface area contributed by atoms with Crippen molar-refractivity contribution in [3.05, 3.63) is 70.0 Å². The maximum absolute atomic E-state index is 13.2. The van der Waals surface area contributed by atoms with Gasteiger partial charge in [-0.1, -0.05) is 42.1 Å². The first kappa shape index (κ1) is 21.1. The third-order valence-corrected chi connectivity index (χ3v) is 5.41. The number of thioether (sulfide) groups is 1. The fourth-order valence-corrected chi connectivity index (χ4v) is 3.85. The molecule has 0 fully saturated rings. The van der Waals surface area contributed by atoms with E-state index in [2.05, 4.69) is 4.98 Å². The van der Waals surface area contributed by atoms with Gasteiger partial charge in [-0.15, -0.1) is 0 Å². The highest BCUT2D eigenvalue weighted by molar-refractivity contribution is 7.99. The van der Waals surface area contributed by atoms with Gasteiger partial charge in [-0.05, 0) is 37.1 Å². The van der Waals surface area contributed by atoms with E-state index in [9.17, 15) is 9.59 Å². The van der Waals surface area contributed by atoms with Gasteiger partial charge in [0.05, 0.1) is 30.2 Å². The summed E-state index contributed by atoms with van der Waals surface area (Å²) in [5.74, 6) is 0.237. The molecule has 3 aromatic rings. The number of benzene rings is 2. The monoisotopic (exact) mass is 412 g/mol. The summed E-state index contributed by atoms with van der Waals surface area (Å²) in [5.41, 5.74) is 1.92. The van der Waals surface area contributed by atoms with Crippen LogP contribution in [0.15, 0.2) is 58.5 Å². The van der Waals surface area contributed by atoms with Crippen LogP contribution in [0, 0.1) is 0 Å². The minimum Gasteiger partial charge on any atom is -0.465 e. The molecule has 0 spiro atoms. The summed E-state index contributed by atoms with van der Waals surface area (Å²) in [7, 11) is 1.33. The van der Waals surface area contributed by atoms with Crippen LogP contribution in [-0.2, 0) is 22.4 Å².